The maximum absolute atomic E-state index is 12.6. The number of nitrogens with zero attached hydrogens (tertiary/aromatic N) is 2. The smallest absolute Gasteiger partial charge is 0.257 e. The summed E-state index contributed by atoms with van der Waals surface area (Å²) < 4.78 is 25.1. The Hall–Kier alpha value is -2.32. The first-order valence-electron chi connectivity index (χ1n) is 6.69. The van der Waals surface area contributed by atoms with Gasteiger partial charge >= 0.3 is 5.00 Å². The summed E-state index contributed by atoms with van der Waals surface area (Å²) in [5, 5.41) is 13.0. The summed E-state index contributed by atoms with van der Waals surface area (Å²) in [6, 6.07) is 12.2. The molecular formula is C15H12N2O4S2. The quantitative estimate of drug-likeness (QED) is 0.532. The zero-order valence-corrected chi connectivity index (χ0v) is 13.7. The average molecular weight is 348 g/mol. The van der Waals surface area contributed by atoms with Gasteiger partial charge in [0.25, 0.3) is 0 Å². The molecule has 0 aliphatic heterocycles. The average Bonchev–Trinajstić information content (AvgIpc) is 2.87. The molecule has 0 spiro atoms. The molecule has 3 rings (SSSR count). The summed E-state index contributed by atoms with van der Waals surface area (Å²) in [5.41, 5.74) is -0.00865. The van der Waals surface area contributed by atoms with E-state index < -0.39 is 20.5 Å². The molecule has 0 radical (unpaired) electrons. The van der Waals surface area contributed by atoms with Crippen molar-refractivity contribution in [3.8, 4) is 0 Å². The SMILES string of the molecule is Cc1nc(CS(=O)(=O)c2ccc3ccccc3c2)c([N+](=O)[O-])s1. The predicted octanol–water partition coefficient (Wildman–Crippen LogP) is 3.49. The molecule has 1 aromatic heterocycles. The number of benzene rings is 2. The zero-order valence-electron chi connectivity index (χ0n) is 12.1. The summed E-state index contributed by atoms with van der Waals surface area (Å²) in [4.78, 5) is 14.6. The molecular weight excluding hydrogens is 336 g/mol. The van der Waals surface area contributed by atoms with Crippen molar-refractivity contribution in [3.05, 3.63) is 63.3 Å². The number of thiazole rings is 1. The van der Waals surface area contributed by atoms with Gasteiger partial charge in [0.15, 0.2) is 9.84 Å². The third-order valence-electron chi connectivity index (χ3n) is 3.36. The van der Waals surface area contributed by atoms with E-state index in [4.69, 9.17) is 0 Å². The van der Waals surface area contributed by atoms with E-state index in [1.807, 2.05) is 24.3 Å². The topological polar surface area (TPSA) is 90.2 Å². The zero-order chi connectivity index (χ0) is 16.6. The van der Waals surface area contributed by atoms with Crippen molar-refractivity contribution in [1.29, 1.82) is 0 Å². The molecule has 0 saturated carbocycles. The fraction of sp³-hybridized carbons (Fsp3) is 0.133. The van der Waals surface area contributed by atoms with Crippen LogP contribution in [-0.4, -0.2) is 18.3 Å². The Morgan fingerprint density at radius 1 is 1.17 bits per heavy atom. The fourth-order valence-corrected chi connectivity index (χ4v) is 4.47. The molecule has 8 heteroatoms. The summed E-state index contributed by atoms with van der Waals surface area (Å²) in [6.07, 6.45) is 0. The van der Waals surface area contributed by atoms with Gasteiger partial charge < -0.3 is 0 Å². The van der Waals surface area contributed by atoms with Crippen LogP contribution in [0.1, 0.15) is 10.7 Å². The fourth-order valence-electron chi connectivity index (χ4n) is 2.32. The molecule has 0 aliphatic rings. The second-order valence-corrected chi connectivity index (χ2v) is 8.18. The number of aryl methyl sites for hydroxylation is 1. The van der Waals surface area contributed by atoms with Crippen molar-refractivity contribution < 1.29 is 13.3 Å². The maximum atomic E-state index is 12.6. The molecule has 1 heterocycles. The van der Waals surface area contributed by atoms with Crippen molar-refractivity contribution in [2.75, 3.05) is 0 Å². The van der Waals surface area contributed by atoms with Gasteiger partial charge in [-0.15, -0.1) is 0 Å². The van der Waals surface area contributed by atoms with Crippen LogP contribution in [0.3, 0.4) is 0 Å². The summed E-state index contributed by atoms with van der Waals surface area (Å²) in [6.45, 7) is 1.61. The van der Waals surface area contributed by atoms with Gasteiger partial charge in [-0.05, 0) is 41.2 Å². The van der Waals surface area contributed by atoms with E-state index in [1.165, 1.54) is 6.07 Å². The van der Waals surface area contributed by atoms with Gasteiger partial charge in [-0.2, -0.15) is 0 Å². The van der Waals surface area contributed by atoms with Gasteiger partial charge in [-0.1, -0.05) is 30.3 Å². The lowest BCUT2D eigenvalue weighted by Crippen LogP contribution is -2.07. The third kappa shape index (κ3) is 3.08. The first-order valence-corrected chi connectivity index (χ1v) is 9.16. The summed E-state index contributed by atoms with van der Waals surface area (Å²) in [7, 11) is -3.71. The lowest BCUT2D eigenvalue weighted by molar-refractivity contribution is -0.381. The van der Waals surface area contributed by atoms with E-state index in [1.54, 1.807) is 19.1 Å². The molecule has 0 fully saturated rings. The normalized spacial score (nSPS) is 11.7. The monoisotopic (exact) mass is 348 g/mol. The van der Waals surface area contributed by atoms with Crippen molar-refractivity contribution in [2.45, 2.75) is 17.6 Å². The van der Waals surface area contributed by atoms with Crippen LogP contribution in [0.5, 0.6) is 0 Å². The van der Waals surface area contributed by atoms with E-state index in [-0.39, 0.29) is 15.6 Å². The summed E-state index contributed by atoms with van der Waals surface area (Å²) in [5.74, 6) is -0.480. The van der Waals surface area contributed by atoms with Crippen LogP contribution in [0.15, 0.2) is 47.4 Å². The second-order valence-electron chi connectivity index (χ2n) is 5.01. The van der Waals surface area contributed by atoms with Gasteiger partial charge in [-0.3, -0.25) is 10.1 Å². The second kappa shape index (κ2) is 5.71. The van der Waals surface area contributed by atoms with E-state index in [0.29, 0.717) is 5.01 Å². The van der Waals surface area contributed by atoms with Crippen LogP contribution in [0.4, 0.5) is 5.00 Å². The lowest BCUT2D eigenvalue weighted by Gasteiger charge is -2.04. The molecule has 0 unspecified atom stereocenters. The molecule has 0 bridgehead atoms. The largest absolute Gasteiger partial charge is 0.348 e. The minimum atomic E-state index is -3.71. The number of sulfone groups is 1. The van der Waals surface area contributed by atoms with E-state index in [9.17, 15) is 18.5 Å². The number of hydrogen-bond donors (Lipinski definition) is 0. The molecule has 3 aromatic rings. The first-order chi connectivity index (χ1) is 10.9. The van der Waals surface area contributed by atoms with E-state index >= 15 is 0 Å². The predicted molar refractivity (Wildman–Crippen MR) is 88.3 cm³/mol. The molecule has 0 N–H and O–H groups in total. The number of hydrogen-bond acceptors (Lipinski definition) is 6. The number of rotatable bonds is 4. The highest BCUT2D eigenvalue weighted by Crippen LogP contribution is 2.30. The number of aromatic nitrogens is 1. The molecule has 0 amide bonds. The van der Waals surface area contributed by atoms with E-state index in [0.717, 1.165) is 22.1 Å². The minimum Gasteiger partial charge on any atom is -0.257 e. The molecule has 0 saturated heterocycles. The van der Waals surface area contributed by atoms with Crippen LogP contribution in [0, 0.1) is 17.0 Å². The third-order valence-corrected chi connectivity index (χ3v) is 5.95. The Labute approximate surface area is 136 Å². The summed E-state index contributed by atoms with van der Waals surface area (Å²) >= 11 is 0.886. The Balaban J connectivity index is 2.02. The Morgan fingerprint density at radius 3 is 2.57 bits per heavy atom. The van der Waals surface area contributed by atoms with Crippen LogP contribution in [-0.2, 0) is 15.6 Å². The Kier molecular flexibility index (Phi) is 3.87. The highest BCUT2D eigenvalue weighted by atomic mass is 32.2. The van der Waals surface area contributed by atoms with Gasteiger partial charge in [0.05, 0.1) is 14.8 Å². The number of nitro groups is 1. The van der Waals surface area contributed by atoms with Crippen molar-refractivity contribution in [2.24, 2.45) is 0 Å². The molecule has 0 atom stereocenters. The van der Waals surface area contributed by atoms with Crippen LogP contribution >= 0.6 is 11.3 Å². The highest BCUT2D eigenvalue weighted by Gasteiger charge is 2.26. The molecule has 6 nitrogen and oxygen atoms in total. The first kappa shape index (κ1) is 15.6. The number of fused-ring (bicyclic) bond motifs is 1. The highest BCUT2D eigenvalue weighted by molar-refractivity contribution is 7.90. The molecule has 2 aromatic carbocycles. The molecule has 23 heavy (non-hydrogen) atoms. The Morgan fingerprint density at radius 2 is 1.87 bits per heavy atom. The lowest BCUT2D eigenvalue weighted by atomic mass is 10.1. The van der Waals surface area contributed by atoms with Gasteiger partial charge in [0, 0.05) is 0 Å². The van der Waals surface area contributed by atoms with Crippen LogP contribution < -0.4 is 0 Å². The van der Waals surface area contributed by atoms with Crippen molar-refractivity contribution in [1.82, 2.24) is 4.98 Å². The minimum absolute atomic E-state index is 0.00865. The van der Waals surface area contributed by atoms with Gasteiger partial charge in [0.2, 0.25) is 0 Å². The van der Waals surface area contributed by atoms with Crippen LogP contribution in [0.25, 0.3) is 10.8 Å². The maximum Gasteiger partial charge on any atom is 0.348 e. The molecule has 118 valence electrons. The van der Waals surface area contributed by atoms with Crippen molar-refractivity contribution >= 4 is 36.9 Å². The Bertz CT molecular complexity index is 1010. The van der Waals surface area contributed by atoms with Gasteiger partial charge in [-0.25, -0.2) is 13.4 Å². The van der Waals surface area contributed by atoms with Crippen molar-refractivity contribution in [3.63, 3.8) is 0 Å². The van der Waals surface area contributed by atoms with Gasteiger partial charge in [0.1, 0.15) is 11.4 Å². The molecule has 0 aliphatic carbocycles. The van der Waals surface area contributed by atoms with Crippen LogP contribution in [0.2, 0.25) is 0 Å². The van der Waals surface area contributed by atoms with E-state index in [2.05, 4.69) is 4.98 Å². The standard InChI is InChI=1S/C15H12N2O4S2/c1-10-16-14(15(22-10)17(18)19)9-23(20,21)13-7-6-11-4-2-3-5-12(11)8-13/h2-8H,9H2,1H3.